The minimum atomic E-state index is -4.32. The first kappa shape index (κ1) is 26.9. The Morgan fingerprint density at radius 1 is 1.06 bits per heavy atom. The summed E-state index contributed by atoms with van der Waals surface area (Å²) < 4.78 is 38.1. The maximum absolute atomic E-state index is 12.7. The summed E-state index contributed by atoms with van der Waals surface area (Å²) in [6, 6.07) is 15.1. The zero-order chi connectivity index (χ0) is 23.0. The molecule has 180 valence electrons. The molecule has 1 aliphatic heterocycles. The topological polar surface area (TPSA) is 68.8 Å². The van der Waals surface area contributed by atoms with Crippen molar-refractivity contribution in [3.8, 4) is 0 Å². The number of hydrogen-bond donors (Lipinski definition) is 3. The van der Waals surface area contributed by atoms with Crippen molar-refractivity contribution in [3.05, 3.63) is 71.3 Å². The summed E-state index contributed by atoms with van der Waals surface area (Å²) in [5.74, 6) is 0.411. The number of nitrogens with one attached hydrogen (secondary N) is 3. The molecule has 1 unspecified atom stereocenters. The highest BCUT2D eigenvalue weighted by atomic mass is 127. The molecule has 1 atom stereocenters. The molecule has 10 heteroatoms. The van der Waals surface area contributed by atoms with Gasteiger partial charge >= 0.3 is 6.18 Å². The van der Waals surface area contributed by atoms with Crippen LogP contribution in [0.5, 0.6) is 0 Å². The number of alkyl halides is 3. The molecule has 1 amide bonds. The second kappa shape index (κ2) is 12.8. The number of carbonyl (C=O) groups excluding carboxylic acids is 1. The van der Waals surface area contributed by atoms with Gasteiger partial charge in [0.05, 0.1) is 12.1 Å². The van der Waals surface area contributed by atoms with E-state index >= 15 is 0 Å². The first-order chi connectivity index (χ1) is 15.3. The highest BCUT2D eigenvalue weighted by Crippen LogP contribution is 2.29. The van der Waals surface area contributed by atoms with Crippen molar-refractivity contribution in [3.63, 3.8) is 0 Å². The maximum Gasteiger partial charge on any atom is 0.416 e. The van der Waals surface area contributed by atoms with Crippen molar-refractivity contribution in [1.82, 2.24) is 20.9 Å². The van der Waals surface area contributed by atoms with Crippen LogP contribution in [-0.4, -0.2) is 49.5 Å². The zero-order valence-corrected chi connectivity index (χ0v) is 20.7. The molecule has 2 aromatic rings. The molecule has 6 nitrogen and oxygen atoms in total. The molecule has 33 heavy (non-hydrogen) atoms. The zero-order valence-electron chi connectivity index (χ0n) is 18.4. The first-order valence-corrected chi connectivity index (χ1v) is 10.5. The predicted molar refractivity (Wildman–Crippen MR) is 133 cm³/mol. The number of nitrogens with zero attached hydrogens (tertiary/aromatic N) is 2. The van der Waals surface area contributed by atoms with Gasteiger partial charge in [-0.05, 0) is 29.7 Å². The number of guanidine groups is 1. The van der Waals surface area contributed by atoms with Crippen molar-refractivity contribution in [1.29, 1.82) is 0 Å². The molecule has 3 N–H and O–H groups in total. The van der Waals surface area contributed by atoms with Gasteiger partial charge in [0, 0.05) is 39.3 Å². The standard InChI is InChI=1S/C23H28F3N5O.HI/c1-27-22(29-14-21(32)28-13-17-5-3-2-4-6-17)30-20-11-12-31(16-20)15-18-7-9-19(10-8-18)23(24,25)26;/h2-10,20H,11-16H2,1H3,(H,28,32)(H2,27,29,30);1H. The minimum absolute atomic E-state index is 0. The van der Waals surface area contributed by atoms with E-state index in [4.69, 9.17) is 0 Å². The summed E-state index contributed by atoms with van der Waals surface area (Å²) >= 11 is 0. The lowest BCUT2D eigenvalue weighted by atomic mass is 10.1. The molecule has 1 aliphatic rings. The minimum Gasteiger partial charge on any atom is -0.352 e. The van der Waals surface area contributed by atoms with E-state index in [0.29, 0.717) is 19.0 Å². The van der Waals surface area contributed by atoms with Gasteiger partial charge < -0.3 is 16.0 Å². The van der Waals surface area contributed by atoms with E-state index in [0.717, 1.165) is 42.8 Å². The highest BCUT2D eigenvalue weighted by Gasteiger charge is 2.30. The lowest BCUT2D eigenvalue weighted by Crippen LogP contribution is -2.47. The fraction of sp³-hybridized carbons (Fsp3) is 0.391. The van der Waals surface area contributed by atoms with Crippen LogP contribution in [0.3, 0.4) is 0 Å². The van der Waals surface area contributed by atoms with Crippen LogP contribution in [-0.2, 0) is 24.1 Å². The van der Waals surface area contributed by atoms with Crippen LogP contribution in [0.2, 0.25) is 0 Å². The van der Waals surface area contributed by atoms with Crippen LogP contribution >= 0.6 is 24.0 Å². The Morgan fingerprint density at radius 2 is 1.76 bits per heavy atom. The molecule has 1 saturated heterocycles. The van der Waals surface area contributed by atoms with Gasteiger partial charge in [0.1, 0.15) is 0 Å². The SMILES string of the molecule is CN=C(NCC(=O)NCc1ccccc1)NC1CCN(Cc2ccc(C(F)(F)F)cc2)C1.I. The molecule has 0 radical (unpaired) electrons. The Hall–Kier alpha value is -2.34. The number of aliphatic imine (C=N–C) groups is 1. The molecule has 1 heterocycles. The van der Waals surface area contributed by atoms with Gasteiger partial charge in [0.15, 0.2) is 5.96 Å². The van der Waals surface area contributed by atoms with E-state index < -0.39 is 11.7 Å². The molecule has 0 aromatic heterocycles. The van der Waals surface area contributed by atoms with Crippen molar-refractivity contribution in [2.75, 3.05) is 26.7 Å². The summed E-state index contributed by atoms with van der Waals surface area (Å²) in [5, 5.41) is 9.18. The Bertz CT molecular complexity index is 907. The number of hydrogen-bond acceptors (Lipinski definition) is 3. The number of likely N-dealkylation sites (tertiary alicyclic amines) is 1. The van der Waals surface area contributed by atoms with Crippen LogP contribution in [0.15, 0.2) is 59.6 Å². The van der Waals surface area contributed by atoms with Gasteiger partial charge in [-0.3, -0.25) is 14.7 Å². The Labute approximate surface area is 209 Å². The molecular weight excluding hydrogens is 546 g/mol. The molecule has 3 rings (SSSR count). The van der Waals surface area contributed by atoms with Gasteiger partial charge in [0.2, 0.25) is 5.91 Å². The smallest absolute Gasteiger partial charge is 0.352 e. The predicted octanol–water partition coefficient (Wildman–Crippen LogP) is 3.38. The molecule has 0 spiro atoms. The van der Waals surface area contributed by atoms with Crippen molar-refractivity contribution in [2.45, 2.75) is 31.7 Å². The summed E-state index contributed by atoms with van der Waals surface area (Å²) in [6.07, 6.45) is -3.44. The number of rotatable bonds is 7. The number of halogens is 4. The van der Waals surface area contributed by atoms with E-state index in [1.165, 1.54) is 12.1 Å². The largest absolute Gasteiger partial charge is 0.416 e. The lowest BCUT2D eigenvalue weighted by Gasteiger charge is -2.19. The average molecular weight is 575 g/mol. The van der Waals surface area contributed by atoms with Gasteiger partial charge in [-0.1, -0.05) is 42.5 Å². The second-order valence-corrected chi connectivity index (χ2v) is 7.75. The first-order valence-electron chi connectivity index (χ1n) is 10.5. The molecule has 0 saturated carbocycles. The van der Waals surface area contributed by atoms with E-state index in [-0.39, 0.29) is 42.5 Å². The molecule has 2 aromatic carbocycles. The third-order valence-corrected chi connectivity index (χ3v) is 5.27. The monoisotopic (exact) mass is 575 g/mol. The summed E-state index contributed by atoms with van der Waals surface area (Å²) in [5.41, 5.74) is 1.24. The van der Waals surface area contributed by atoms with E-state index in [9.17, 15) is 18.0 Å². The highest BCUT2D eigenvalue weighted by molar-refractivity contribution is 14.0. The Balaban J connectivity index is 0.00000385. The van der Waals surface area contributed by atoms with Gasteiger partial charge in [-0.2, -0.15) is 13.2 Å². The van der Waals surface area contributed by atoms with Gasteiger partial charge in [0.25, 0.3) is 0 Å². The fourth-order valence-electron chi connectivity index (χ4n) is 3.56. The summed E-state index contributed by atoms with van der Waals surface area (Å²) in [6.45, 7) is 2.73. The Kier molecular flexibility index (Phi) is 10.4. The van der Waals surface area contributed by atoms with Gasteiger partial charge in [-0.25, -0.2) is 0 Å². The lowest BCUT2D eigenvalue weighted by molar-refractivity contribution is -0.137. The molecular formula is C23H29F3IN5O. The Morgan fingerprint density at radius 3 is 2.39 bits per heavy atom. The number of carbonyl (C=O) groups is 1. The number of benzene rings is 2. The van der Waals surface area contributed by atoms with Crippen LogP contribution < -0.4 is 16.0 Å². The van der Waals surface area contributed by atoms with E-state index in [1.54, 1.807) is 7.05 Å². The average Bonchev–Trinajstić information content (AvgIpc) is 3.22. The van der Waals surface area contributed by atoms with Gasteiger partial charge in [-0.15, -0.1) is 24.0 Å². The number of amides is 1. The van der Waals surface area contributed by atoms with Crippen LogP contribution in [0, 0.1) is 0 Å². The van der Waals surface area contributed by atoms with Crippen molar-refractivity contribution in [2.24, 2.45) is 4.99 Å². The molecule has 0 aliphatic carbocycles. The van der Waals surface area contributed by atoms with Crippen LogP contribution in [0.1, 0.15) is 23.1 Å². The van der Waals surface area contributed by atoms with Crippen molar-refractivity contribution < 1.29 is 18.0 Å². The fourth-order valence-corrected chi connectivity index (χ4v) is 3.56. The third kappa shape index (κ3) is 8.84. The molecule has 0 bridgehead atoms. The molecule has 1 fully saturated rings. The van der Waals surface area contributed by atoms with Crippen LogP contribution in [0.25, 0.3) is 0 Å². The van der Waals surface area contributed by atoms with Crippen molar-refractivity contribution >= 4 is 35.8 Å². The second-order valence-electron chi connectivity index (χ2n) is 7.75. The van der Waals surface area contributed by atoms with E-state index in [2.05, 4.69) is 25.8 Å². The summed E-state index contributed by atoms with van der Waals surface area (Å²) in [4.78, 5) is 18.4. The third-order valence-electron chi connectivity index (χ3n) is 5.27. The van der Waals surface area contributed by atoms with E-state index in [1.807, 2.05) is 30.3 Å². The van der Waals surface area contributed by atoms with Crippen LogP contribution in [0.4, 0.5) is 13.2 Å². The summed E-state index contributed by atoms with van der Waals surface area (Å²) in [7, 11) is 1.64. The normalized spacial score (nSPS) is 16.7. The maximum atomic E-state index is 12.7. The quantitative estimate of drug-likeness (QED) is 0.269.